The number of thiazole rings is 1. The van der Waals surface area contributed by atoms with Gasteiger partial charge in [0.05, 0.1) is 46.2 Å². The van der Waals surface area contributed by atoms with Gasteiger partial charge in [0.25, 0.3) is 11.8 Å². The summed E-state index contributed by atoms with van der Waals surface area (Å²) in [4.78, 5) is 47.4. The highest BCUT2D eigenvalue weighted by Crippen LogP contribution is 2.36. The van der Waals surface area contributed by atoms with Crippen molar-refractivity contribution >= 4 is 50.8 Å². The fourth-order valence-corrected chi connectivity index (χ4v) is 5.88. The van der Waals surface area contributed by atoms with Crippen molar-refractivity contribution in [2.75, 3.05) is 37.4 Å². The van der Waals surface area contributed by atoms with Gasteiger partial charge in [-0.1, -0.05) is 25.1 Å². The molecular weight excluding hydrogens is 623 g/mol. The monoisotopic (exact) mass is 655 g/mol. The lowest BCUT2D eigenvalue weighted by Gasteiger charge is -2.38. The van der Waals surface area contributed by atoms with Crippen molar-refractivity contribution < 1.29 is 37.4 Å². The molecule has 1 aliphatic heterocycles. The lowest BCUT2D eigenvalue weighted by Crippen LogP contribution is -2.50. The molecule has 2 heterocycles. The molecule has 0 bridgehead atoms. The van der Waals surface area contributed by atoms with Gasteiger partial charge in [-0.25, -0.2) is 9.78 Å². The maximum atomic E-state index is 13.8. The van der Waals surface area contributed by atoms with Gasteiger partial charge in [0, 0.05) is 25.2 Å². The molecule has 0 saturated heterocycles. The Morgan fingerprint density at radius 2 is 1.83 bits per heavy atom. The third-order valence-corrected chi connectivity index (χ3v) is 8.73. The van der Waals surface area contributed by atoms with E-state index in [1.807, 2.05) is 25.1 Å². The van der Waals surface area contributed by atoms with E-state index in [1.54, 1.807) is 31.2 Å². The van der Waals surface area contributed by atoms with E-state index < -0.39 is 41.7 Å². The molecule has 10 nitrogen and oxygen atoms in total. The SMILES string of the molecule is C[C@H]1CN([C@@H](C)CO)C(=O)c2cccc(NC(=O)c3nc4ccccc4s3)c2O[C@H]1CN(C)C(=O)Nc1ccc(C(F)(F)F)cc1. The van der Waals surface area contributed by atoms with Gasteiger partial charge >= 0.3 is 12.2 Å². The number of anilines is 2. The van der Waals surface area contributed by atoms with Gasteiger partial charge in [-0.3, -0.25) is 9.59 Å². The van der Waals surface area contributed by atoms with Crippen molar-refractivity contribution in [3.05, 3.63) is 82.9 Å². The summed E-state index contributed by atoms with van der Waals surface area (Å²) in [5, 5.41) is 15.6. The second-order valence-corrected chi connectivity index (χ2v) is 12.2. The molecule has 0 unspecified atom stereocenters. The Kier molecular flexibility index (Phi) is 9.49. The third kappa shape index (κ3) is 7.07. The Labute approximate surface area is 266 Å². The lowest BCUT2D eigenvalue weighted by atomic mass is 9.99. The van der Waals surface area contributed by atoms with Gasteiger partial charge in [-0.05, 0) is 55.5 Å². The van der Waals surface area contributed by atoms with E-state index >= 15 is 0 Å². The number of rotatable bonds is 7. The summed E-state index contributed by atoms with van der Waals surface area (Å²) in [7, 11) is 1.51. The molecule has 3 N–H and O–H groups in total. The molecule has 1 aliphatic rings. The minimum atomic E-state index is -4.50. The number of aromatic nitrogens is 1. The summed E-state index contributed by atoms with van der Waals surface area (Å²) < 4.78 is 46.1. The zero-order valence-electron chi connectivity index (χ0n) is 25.2. The van der Waals surface area contributed by atoms with Crippen molar-refractivity contribution in [3.63, 3.8) is 0 Å². The van der Waals surface area contributed by atoms with Gasteiger partial charge < -0.3 is 30.3 Å². The summed E-state index contributed by atoms with van der Waals surface area (Å²) >= 11 is 1.22. The largest absolute Gasteiger partial charge is 0.485 e. The van der Waals surface area contributed by atoms with E-state index in [1.165, 1.54) is 40.3 Å². The highest BCUT2D eigenvalue weighted by atomic mass is 32.1. The predicted octanol–water partition coefficient (Wildman–Crippen LogP) is 5.95. The second-order valence-electron chi connectivity index (χ2n) is 11.1. The summed E-state index contributed by atoms with van der Waals surface area (Å²) in [6.07, 6.45) is -5.21. The van der Waals surface area contributed by atoms with Crippen LogP contribution >= 0.6 is 11.3 Å². The van der Waals surface area contributed by atoms with Crippen LogP contribution in [0.2, 0.25) is 0 Å². The number of para-hydroxylation sites is 2. The molecule has 242 valence electrons. The van der Waals surface area contributed by atoms with Crippen LogP contribution in [-0.2, 0) is 6.18 Å². The van der Waals surface area contributed by atoms with E-state index in [0.29, 0.717) is 5.52 Å². The summed E-state index contributed by atoms with van der Waals surface area (Å²) in [6, 6.07) is 15.1. The number of carbonyl (C=O) groups is 3. The highest BCUT2D eigenvalue weighted by molar-refractivity contribution is 7.20. The van der Waals surface area contributed by atoms with Crippen molar-refractivity contribution in [2.24, 2.45) is 5.92 Å². The molecular formula is C32H32F3N5O5S. The van der Waals surface area contributed by atoms with Crippen LogP contribution in [0.15, 0.2) is 66.7 Å². The quantitative estimate of drug-likeness (QED) is 0.226. The summed E-state index contributed by atoms with van der Waals surface area (Å²) in [5.41, 5.74) is 0.401. The predicted molar refractivity (Wildman–Crippen MR) is 168 cm³/mol. The van der Waals surface area contributed by atoms with Gasteiger partial charge in [0.2, 0.25) is 0 Å². The van der Waals surface area contributed by atoms with E-state index in [2.05, 4.69) is 15.6 Å². The summed E-state index contributed by atoms with van der Waals surface area (Å²) in [6.45, 7) is 3.47. The highest BCUT2D eigenvalue weighted by Gasteiger charge is 2.35. The molecule has 0 saturated carbocycles. The molecule has 1 aromatic heterocycles. The van der Waals surface area contributed by atoms with Crippen LogP contribution in [0.25, 0.3) is 10.2 Å². The average molecular weight is 656 g/mol. The van der Waals surface area contributed by atoms with E-state index in [4.69, 9.17) is 4.74 Å². The Balaban J connectivity index is 1.41. The molecule has 4 aromatic rings. The minimum Gasteiger partial charge on any atom is -0.485 e. The van der Waals surface area contributed by atoms with E-state index in [-0.39, 0.29) is 53.3 Å². The zero-order valence-corrected chi connectivity index (χ0v) is 26.0. The lowest BCUT2D eigenvalue weighted by molar-refractivity contribution is -0.137. The van der Waals surface area contributed by atoms with Crippen LogP contribution in [0.3, 0.4) is 0 Å². The number of fused-ring (bicyclic) bond motifs is 2. The topological polar surface area (TPSA) is 124 Å². The smallest absolute Gasteiger partial charge is 0.416 e. The molecule has 14 heteroatoms. The van der Waals surface area contributed by atoms with E-state index in [9.17, 15) is 32.7 Å². The van der Waals surface area contributed by atoms with Gasteiger partial charge in [-0.15, -0.1) is 11.3 Å². The Morgan fingerprint density at radius 1 is 1.11 bits per heavy atom. The second kappa shape index (κ2) is 13.3. The number of alkyl halides is 3. The summed E-state index contributed by atoms with van der Waals surface area (Å²) in [5.74, 6) is -1.15. The average Bonchev–Trinajstić information content (AvgIpc) is 3.47. The van der Waals surface area contributed by atoms with Gasteiger partial charge in [0.15, 0.2) is 10.8 Å². The fourth-order valence-electron chi connectivity index (χ4n) is 5.02. The number of halogens is 3. The van der Waals surface area contributed by atoms with Gasteiger partial charge in [-0.2, -0.15) is 13.2 Å². The number of ether oxygens (including phenoxy) is 1. The van der Waals surface area contributed by atoms with Crippen molar-refractivity contribution in [1.82, 2.24) is 14.8 Å². The minimum absolute atomic E-state index is 0.0166. The maximum absolute atomic E-state index is 13.8. The molecule has 4 amide bonds. The van der Waals surface area contributed by atoms with Crippen molar-refractivity contribution in [1.29, 1.82) is 0 Å². The number of nitrogens with zero attached hydrogens (tertiary/aromatic N) is 3. The van der Waals surface area contributed by atoms with Crippen LogP contribution < -0.4 is 15.4 Å². The molecule has 3 aromatic carbocycles. The number of hydrogen-bond acceptors (Lipinski definition) is 7. The van der Waals surface area contributed by atoms with Crippen LogP contribution in [0.4, 0.5) is 29.3 Å². The molecule has 0 spiro atoms. The number of urea groups is 1. The number of likely N-dealkylation sites (N-methyl/N-ethyl adjacent to an activating group) is 1. The first kappa shape index (κ1) is 32.7. The first-order valence-corrected chi connectivity index (χ1v) is 15.2. The molecule has 0 fully saturated rings. The normalized spacial score (nSPS) is 17.4. The Bertz CT molecular complexity index is 1710. The van der Waals surface area contributed by atoms with Crippen molar-refractivity contribution in [2.45, 2.75) is 32.2 Å². The number of amides is 4. The van der Waals surface area contributed by atoms with Crippen molar-refractivity contribution in [3.8, 4) is 5.75 Å². The Hall–Kier alpha value is -4.69. The molecule has 46 heavy (non-hydrogen) atoms. The van der Waals surface area contributed by atoms with Gasteiger partial charge in [0.1, 0.15) is 6.10 Å². The first-order chi connectivity index (χ1) is 21.8. The van der Waals surface area contributed by atoms with E-state index in [0.717, 1.165) is 16.8 Å². The number of aliphatic hydroxyl groups is 1. The number of aliphatic hydroxyl groups excluding tert-OH is 1. The van der Waals surface area contributed by atoms with Crippen LogP contribution in [0.1, 0.15) is 39.6 Å². The van der Waals surface area contributed by atoms with Crippen LogP contribution in [0, 0.1) is 5.92 Å². The molecule has 5 rings (SSSR count). The molecule has 0 aliphatic carbocycles. The number of nitrogens with one attached hydrogen (secondary N) is 2. The number of benzene rings is 3. The maximum Gasteiger partial charge on any atom is 0.416 e. The Morgan fingerprint density at radius 3 is 2.50 bits per heavy atom. The van der Waals surface area contributed by atoms with Crippen LogP contribution in [-0.4, -0.2) is 76.6 Å². The standard InChI is InChI=1S/C32H32F3N5O5S/c1-18-15-40(19(2)17-41)30(43)22-7-6-9-24(37-28(42)29-38-23-8-4-5-10-26(23)46-29)27(22)45-25(18)16-39(3)31(44)36-21-13-11-20(12-14-21)32(33,34)35/h4-14,18-19,25,41H,15-17H2,1-3H3,(H,36,44)(H,37,42)/t18-,19-,25-/m0/s1. The third-order valence-electron chi connectivity index (χ3n) is 7.69. The first-order valence-electron chi connectivity index (χ1n) is 14.4. The molecule has 0 radical (unpaired) electrons. The van der Waals surface area contributed by atoms with Crippen LogP contribution in [0.5, 0.6) is 5.75 Å². The number of carbonyl (C=O) groups excluding carboxylic acids is 3. The number of hydrogen-bond donors (Lipinski definition) is 3. The zero-order chi connectivity index (χ0) is 33.2. The fraction of sp³-hybridized carbons (Fsp3) is 0.312. The molecule has 3 atom stereocenters.